The highest BCUT2D eigenvalue weighted by atomic mass is 19.1. The Bertz CT molecular complexity index is 576. The second-order valence-corrected chi connectivity index (χ2v) is 5.31. The summed E-state index contributed by atoms with van der Waals surface area (Å²) in [5, 5.41) is 5.19. The van der Waals surface area contributed by atoms with Gasteiger partial charge in [0.15, 0.2) is 11.6 Å². The van der Waals surface area contributed by atoms with Gasteiger partial charge in [0, 0.05) is 6.54 Å². The lowest BCUT2D eigenvalue weighted by Gasteiger charge is -2.40. The average Bonchev–Trinajstić information content (AvgIpc) is 2.42. The molecule has 2 heterocycles. The molecular formula is C13H18FN5O2. The Kier molecular flexibility index (Phi) is 4.06. The van der Waals surface area contributed by atoms with Crippen LogP contribution in [0.15, 0.2) is 6.20 Å². The third kappa shape index (κ3) is 2.93. The van der Waals surface area contributed by atoms with Gasteiger partial charge in [-0.1, -0.05) is 6.92 Å². The van der Waals surface area contributed by atoms with Gasteiger partial charge in [-0.25, -0.2) is 9.37 Å². The van der Waals surface area contributed by atoms with E-state index in [9.17, 15) is 14.0 Å². The second-order valence-electron chi connectivity index (χ2n) is 5.31. The van der Waals surface area contributed by atoms with E-state index in [1.165, 1.54) is 4.90 Å². The molecule has 0 spiro atoms. The van der Waals surface area contributed by atoms with Crippen molar-refractivity contribution in [3.8, 4) is 0 Å². The van der Waals surface area contributed by atoms with E-state index in [-0.39, 0.29) is 18.3 Å². The summed E-state index contributed by atoms with van der Waals surface area (Å²) in [5.74, 6) is -1.44. The fraction of sp³-hybridized carbons (Fsp3) is 0.538. The Balaban J connectivity index is 2.38. The number of rotatable bonds is 4. The SMILES string of the molecule is CCCNc1ncc(F)c(N2CC(=O)NC(=O)C2(C)C)n1. The van der Waals surface area contributed by atoms with Gasteiger partial charge in [0.25, 0.3) is 5.91 Å². The second kappa shape index (κ2) is 5.63. The molecule has 114 valence electrons. The molecule has 21 heavy (non-hydrogen) atoms. The van der Waals surface area contributed by atoms with E-state index in [4.69, 9.17) is 0 Å². The molecule has 2 amide bonds. The zero-order valence-electron chi connectivity index (χ0n) is 12.2. The number of aromatic nitrogens is 2. The van der Waals surface area contributed by atoms with Crippen molar-refractivity contribution in [3.63, 3.8) is 0 Å². The minimum Gasteiger partial charge on any atom is -0.354 e. The number of carbonyl (C=O) groups excluding carboxylic acids is 2. The zero-order valence-corrected chi connectivity index (χ0v) is 12.2. The number of hydrogen-bond acceptors (Lipinski definition) is 6. The van der Waals surface area contributed by atoms with Crippen molar-refractivity contribution in [2.75, 3.05) is 23.3 Å². The van der Waals surface area contributed by atoms with Crippen LogP contribution in [0.5, 0.6) is 0 Å². The third-order valence-electron chi connectivity index (χ3n) is 3.30. The maximum atomic E-state index is 14.0. The maximum Gasteiger partial charge on any atom is 0.251 e. The summed E-state index contributed by atoms with van der Waals surface area (Å²) in [7, 11) is 0. The van der Waals surface area contributed by atoms with Gasteiger partial charge >= 0.3 is 0 Å². The lowest BCUT2D eigenvalue weighted by molar-refractivity contribution is -0.135. The molecule has 7 nitrogen and oxygen atoms in total. The minimum atomic E-state index is -1.08. The molecule has 0 aliphatic carbocycles. The van der Waals surface area contributed by atoms with E-state index >= 15 is 0 Å². The van der Waals surface area contributed by atoms with E-state index in [2.05, 4.69) is 20.6 Å². The topological polar surface area (TPSA) is 87.2 Å². The van der Waals surface area contributed by atoms with Gasteiger partial charge in [-0.2, -0.15) is 4.98 Å². The van der Waals surface area contributed by atoms with Crippen molar-refractivity contribution < 1.29 is 14.0 Å². The highest BCUT2D eigenvalue weighted by Gasteiger charge is 2.42. The molecule has 0 unspecified atom stereocenters. The van der Waals surface area contributed by atoms with Crippen molar-refractivity contribution in [2.24, 2.45) is 0 Å². The maximum absolute atomic E-state index is 14.0. The van der Waals surface area contributed by atoms with Gasteiger partial charge < -0.3 is 10.2 Å². The number of piperazine rings is 1. The number of amides is 2. The Morgan fingerprint density at radius 3 is 2.86 bits per heavy atom. The Labute approximate surface area is 121 Å². The molecule has 0 aromatic carbocycles. The van der Waals surface area contributed by atoms with Crippen LogP contribution in [-0.2, 0) is 9.59 Å². The normalized spacial score (nSPS) is 17.6. The third-order valence-corrected chi connectivity index (χ3v) is 3.30. The van der Waals surface area contributed by atoms with Gasteiger partial charge in [-0.15, -0.1) is 0 Å². The molecule has 1 saturated heterocycles. The van der Waals surface area contributed by atoms with Crippen LogP contribution in [0.3, 0.4) is 0 Å². The van der Waals surface area contributed by atoms with Crippen LogP contribution >= 0.6 is 0 Å². The number of nitrogens with zero attached hydrogens (tertiary/aromatic N) is 3. The monoisotopic (exact) mass is 295 g/mol. The first-order valence-corrected chi connectivity index (χ1v) is 6.74. The first-order valence-electron chi connectivity index (χ1n) is 6.74. The molecule has 0 bridgehead atoms. The van der Waals surface area contributed by atoms with Crippen LogP contribution in [0.25, 0.3) is 0 Å². The molecule has 0 saturated carbocycles. The fourth-order valence-electron chi connectivity index (χ4n) is 1.99. The van der Waals surface area contributed by atoms with Crippen LogP contribution in [-0.4, -0.2) is 40.4 Å². The van der Waals surface area contributed by atoms with Gasteiger partial charge in [0.05, 0.1) is 12.7 Å². The van der Waals surface area contributed by atoms with E-state index in [1.807, 2.05) is 6.92 Å². The van der Waals surface area contributed by atoms with Crippen LogP contribution < -0.4 is 15.5 Å². The number of imide groups is 1. The summed E-state index contributed by atoms with van der Waals surface area (Å²) >= 11 is 0. The van der Waals surface area contributed by atoms with Crippen LogP contribution in [0, 0.1) is 5.82 Å². The number of carbonyl (C=O) groups is 2. The predicted molar refractivity (Wildman–Crippen MR) is 75.3 cm³/mol. The van der Waals surface area contributed by atoms with Gasteiger partial charge in [-0.05, 0) is 20.3 Å². The molecule has 0 radical (unpaired) electrons. The molecule has 1 aliphatic rings. The Morgan fingerprint density at radius 2 is 2.19 bits per heavy atom. The van der Waals surface area contributed by atoms with Gasteiger partial charge in [0.2, 0.25) is 11.9 Å². The standard InChI is InChI=1S/C13H18FN5O2/c1-4-5-15-12-16-6-8(14)10(18-12)19-7-9(20)17-11(21)13(19,2)3/h6H,4-5,7H2,1-3H3,(H,15,16,18)(H,17,20,21). The molecule has 0 atom stereocenters. The smallest absolute Gasteiger partial charge is 0.251 e. The van der Waals surface area contributed by atoms with Crippen molar-refractivity contribution in [2.45, 2.75) is 32.7 Å². The largest absolute Gasteiger partial charge is 0.354 e. The lowest BCUT2D eigenvalue weighted by atomic mass is 9.99. The molecule has 1 aromatic rings. The predicted octanol–water partition coefficient (Wildman–Crippen LogP) is 0.679. The summed E-state index contributed by atoms with van der Waals surface area (Å²) < 4.78 is 14.0. The van der Waals surface area contributed by atoms with E-state index < -0.39 is 23.2 Å². The first kappa shape index (κ1) is 15.1. The molecular weight excluding hydrogens is 277 g/mol. The van der Waals surface area contributed by atoms with E-state index in [1.54, 1.807) is 13.8 Å². The molecule has 1 aromatic heterocycles. The summed E-state index contributed by atoms with van der Waals surface area (Å²) in [5.41, 5.74) is -1.08. The van der Waals surface area contributed by atoms with Gasteiger partial charge in [-0.3, -0.25) is 14.9 Å². The summed E-state index contributed by atoms with van der Waals surface area (Å²) in [6.07, 6.45) is 1.90. The van der Waals surface area contributed by atoms with Gasteiger partial charge in [0.1, 0.15) is 5.54 Å². The molecule has 8 heteroatoms. The summed E-state index contributed by atoms with van der Waals surface area (Å²) in [6.45, 7) is 5.70. The first-order chi connectivity index (χ1) is 9.86. The number of anilines is 2. The zero-order chi connectivity index (χ0) is 15.6. The van der Waals surface area contributed by atoms with Crippen molar-refractivity contribution >= 4 is 23.6 Å². The highest BCUT2D eigenvalue weighted by molar-refractivity contribution is 6.06. The molecule has 1 aliphatic heterocycles. The Morgan fingerprint density at radius 1 is 1.48 bits per heavy atom. The molecule has 2 N–H and O–H groups in total. The summed E-state index contributed by atoms with van der Waals surface area (Å²) in [6, 6.07) is 0. The van der Waals surface area contributed by atoms with E-state index in [0.29, 0.717) is 6.54 Å². The number of halogens is 1. The van der Waals surface area contributed by atoms with Crippen LogP contribution in [0.1, 0.15) is 27.2 Å². The minimum absolute atomic E-state index is 0.0585. The lowest BCUT2D eigenvalue weighted by Crippen LogP contribution is -2.64. The highest BCUT2D eigenvalue weighted by Crippen LogP contribution is 2.27. The van der Waals surface area contributed by atoms with Crippen molar-refractivity contribution in [1.29, 1.82) is 0 Å². The quantitative estimate of drug-likeness (QED) is 0.794. The van der Waals surface area contributed by atoms with Crippen molar-refractivity contribution in [3.05, 3.63) is 12.0 Å². The molecule has 1 fully saturated rings. The Hall–Kier alpha value is -2.25. The number of nitrogens with one attached hydrogen (secondary N) is 2. The number of hydrogen-bond donors (Lipinski definition) is 2. The average molecular weight is 295 g/mol. The fourth-order valence-corrected chi connectivity index (χ4v) is 1.99. The molecule has 2 rings (SSSR count). The van der Waals surface area contributed by atoms with E-state index in [0.717, 1.165) is 12.6 Å². The van der Waals surface area contributed by atoms with Crippen LogP contribution in [0.2, 0.25) is 0 Å². The van der Waals surface area contributed by atoms with Crippen LogP contribution in [0.4, 0.5) is 16.2 Å². The van der Waals surface area contributed by atoms with Crippen molar-refractivity contribution in [1.82, 2.24) is 15.3 Å². The summed E-state index contributed by atoms with van der Waals surface area (Å²) in [4.78, 5) is 32.8.